The molecule has 0 unspecified atom stereocenters. The molecule has 6 nitrogen and oxygen atoms in total. The Morgan fingerprint density at radius 3 is 0.968 bits per heavy atom. The molecule has 0 amide bonds. The van der Waals surface area contributed by atoms with Crippen molar-refractivity contribution >= 4 is 65.4 Å². The molecule has 0 aliphatic heterocycles. The predicted molar refractivity (Wildman–Crippen MR) is 259 cm³/mol. The van der Waals surface area contributed by atoms with Crippen LogP contribution in [0, 0.1) is 0 Å². The van der Waals surface area contributed by atoms with E-state index >= 15 is 0 Å². The summed E-state index contributed by atoms with van der Waals surface area (Å²) in [7, 11) is 0. The van der Waals surface area contributed by atoms with Gasteiger partial charge in [-0.25, -0.2) is 15.0 Å². The van der Waals surface area contributed by atoms with E-state index in [-0.39, 0.29) is 0 Å². The molecular weight excluding hydrogens is 769 g/mol. The van der Waals surface area contributed by atoms with Crippen LogP contribution in [0.5, 0.6) is 0 Å². The van der Waals surface area contributed by atoms with Crippen molar-refractivity contribution < 1.29 is 0 Å². The second kappa shape index (κ2) is 14.0. The summed E-state index contributed by atoms with van der Waals surface area (Å²) in [5.41, 5.74) is 12.9. The quantitative estimate of drug-likeness (QED) is 0.168. The highest BCUT2D eigenvalue weighted by Crippen LogP contribution is 2.40. The summed E-state index contributed by atoms with van der Waals surface area (Å²) in [4.78, 5) is 15.2. The SMILES string of the molecule is c1ccc(-c2nc(-c3ccccc3)nc(-c3cccc(-n4c5cc(-n6c7ccccc7c7ccccc76)ccc5c5ccc(-n6c7ccccc7c7ccccc76)cc54)c3)n2)cc1. The van der Waals surface area contributed by atoms with Crippen molar-refractivity contribution in [3.63, 3.8) is 0 Å². The van der Waals surface area contributed by atoms with Crippen molar-refractivity contribution in [3.05, 3.63) is 218 Å². The molecule has 13 aromatic rings. The van der Waals surface area contributed by atoms with Gasteiger partial charge < -0.3 is 13.7 Å². The smallest absolute Gasteiger partial charge is 0.164 e. The van der Waals surface area contributed by atoms with Gasteiger partial charge in [0.25, 0.3) is 0 Å². The van der Waals surface area contributed by atoms with Gasteiger partial charge in [-0.2, -0.15) is 0 Å². The third-order valence-electron chi connectivity index (χ3n) is 12.5. The number of fused-ring (bicyclic) bond motifs is 9. The number of rotatable bonds is 6. The van der Waals surface area contributed by atoms with Gasteiger partial charge in [0.2, 0.25) is 0 Å². The van der Waals surface area contributed by atoms with Crippen molar-refractivity contribution in [1.29, 1.82) is 0 Å². The van der Waals surface area contributed by atoms with Crippen molar-refractivity contribution in [2.75, 3.05) is 0 Å². The summed E-state index contributed by atoms with van der Waals surface area (Å²) >= 11 is 0. The number of nitrogens with zero attached hydrogens (tertiary/aromatic N) is 6. The van der Waals surface area contributed by atoms with Gasteiger partial charge in [-0.3, -0.25) is 0 Å². The van der Waals surface area contributed by atoms with E-state index in [1.54, 1.807) is 0 Å². The molecule has 0 fully saturated rings. The molecule has 0 spiro atoms. The molecule has 6 heteroatoms. The second-order valence-electron chi connectivity index (χ2n) is 16.1. The van der Waals surface area contributed by atoms with Gasteiger partial charge in [0.05, 0.1) is 33.1 Å². The first-order chi connectivity index (χ1) is 31.2. The molecule has 0 radical (unpaired) electrons. The van der Waals surface area contributed by atoms with Crippen LogP contribution in [0.1, 0.15) is 0 Å². The van der Waals surface area contributed by atoms with Crippen LogP contribution in [0.25, 0.3) is 117 Å². The molecule has 294 valence electrons. The van der Waals surface area contributed by atoms with Crippen LogP contribution < -0.4 is 0 Å². The van der Waals surface area contributed by atoms with E-state index < -0.39 is 0 Å². The van der Waals surface area contributed by atoms with Gasteiger partial charge in [0.15, 0.2) is 17.5 Å². The Kier molecular flexibility index (Phi) is 7.80. The van der Waals surface area contributed by atoms with E-state index in [1.165, 1.54) is 54.4 Å². The van der Waals surface area contributed by atoms with Gasteiger partial charge in [-0.05, 0) is 60.7 Å². The van der Waals surface area contributed by atoms with E-state index in [0.717, 1.165) is 44.8 Å². The maximum atomic E-state index is 5.12. The molecule has 13 rings (SSSR count). The zero-order chi connectivity index (χ0) is 41.4. The molecule has 9 aromatic carbocycles. The lowest BCUT2D eigenvalue weighted by Crippen LogP contribution is -2.01. The van der Waals surface area contributed by atoms with Crippen molar-refractivity contribution in [3.8, 4) is 51.2 Å². The number of benzene rings is 9. The fraction of sp³-hybridized carbons (Fsp3) is 0. The van der Waals surface area contributed by atoms with Crippen molar-refractivity contribution in [1.82, 2.24) is 28.7 Å². The number of hydrogen-bond acceptors (Lipinski definition) is 3. The van der Waals surface area contributed by atoms with Gasteiger partial charge in [0, 0.05) is 66.1 Å². The minimum Gasteiger partial charge on any atom is -0.309 e. The molecule has 0 aliphatic carbocycles. The minimum atomic E-state index is 0.613. The molecule has 0 N–H and O–H groups in total. The Labute approximate surface area is 362 Å². The Morgan fingerprint density at radius 2 is 0.540 bits per heavy atom. The molecule has 0 atom stereocenters. The number of hydrogen-bond donors (Lipinski definition) is 0. The molecule has 0 bridgehead atoms. The van der Waals surface area contributed by atoms with Crippen molar-refractivity contribution in [2.45, 2.75) is 0 Å². The van der Waals surface area contributed by atoms with Gasteiger partial charge in [-0.1, -0.05) is 158 Å². The van der Waals surface area contributed by atoms with E-state index in [1.807, 2.05) is 60.7 Å². The molecule has 0 saturated carbocycles. The molecule has 0 saturated heterocycles. The van der Waals surface area contributed by atoms with Crippen LogP contribution >= 0.6 is 0 Å². The first kappa shape index (κ1) is 35.2. The lowest BCUT2D eigenvalue weighted by Gasteiger charge is -2.14. The Balaban J connectivity index is 1.08. The number of para-hydroxylation sites is 4. The highest BCUT2D eigenvalue weighted by molar-refractivity contribution is 6.13. The Morgan fingerprint density at radius 1 is 0.222 bits per heavy atom. The van der Waals surface area contributed by atoms with Gasteiger partial charge in [-0.15, -0.1) is 0 Å². The van der Waals surface area contributed by atoms with Crippen LogP contribution in [0.15, 0.2) is 218 Å². The van der Waals surface area contributed by atoms with Crippen LogP contribution in [0.3, 0.4) is 0 Å². The summed E-state index contributed by atoms with van der Waals surface area (Å²) in [5, 5.41) is 7.29. The molecule has 63 heavy (non-hydrogen) atoms. The second-order valence-corrected chi connectivity index (χ2v) is 16.1. The first-order valence-corrected chi connectivity index (χ1v) is 21.3. The van der Waals surface area contributed by atoms with E-state index in [9.17, 15) is 0 Å². The molecular formula is C57H36N6. The summed E-state index contributed by atoms with van der Waals surface area (Å²) in [5.74, 6) is 1.88. The van der Waals surface area contributed by atoms with Gasteiger partial charge in [0.1, 0.15) is 0 Å². The van der Waals surface area contributed by atoms with Crippen LogP contribution in [0.2, 0.25) is 0 Å². The third kappa shape index (κ3) is 5.55. The Hall–Kier alpha value is -8.61. The summed E-state index contributed by atoms with van der Waals surface area (Å²) in [6, 6.07) is 77.5. The van der Waals surface area contributed by atoms with E-state index in [4.69, 9.17) is 15.0 Å². The highest BCUT2D eigenvalue weighted by atomic mass is 15.0. The molecule has 4 heterocycles. The summed E-state index contributed by atoms with van der Waals surface area (Å²) < 4.78 is 7.21. The van der Waals surface area contributed by atoms with E-state index in [2.05, 4.69) is 171 Å². The molecule has 0 aliphatic rings. The minimum absolute atomic E-state index is 0.613. The number of aromatic nitrogens is 6. The average molecular weight is 805 g/mol. The summed E-state index contributed by atoms with van der Waals surface area (Å²) in [6.07, 6.45) is 0. The maximum absolute atomic E-state index is 5.12. The van der Waals surface area contributed by atoms with E-state index in [0.29, 0.717) is 17.5 Å². The summed E-state index contributed by atoms with van der Waals surface area (Å²) in [6.45, 7) is 0. The first-order valence-electron chi connectivity index (χ1n) is 21.3. The monoisotopic (exact) mass is 804 g/mol. The zero-order valence-electron chi connectivity index (χ0n) is 34.0. The normalized spacial score (nSPS) is 11.8. The van der Waals surface area contributed by atoms with Crippen molar-refractivity contribution in [2.24, 2.45) is 0 Å². The zero-order valence-corrected chi connectivity index (χ0v) is 34.0. The fourth-order valence-electron chi connectivity index (χ4n) is 9.67. The predicted octanol–water partition coefficient (Wildman–Crippen LogP) is 14.2. The average Bonchev–Trinajstić information content (AvgIpc) is 3.99. The third-order valence-corrected chi connectivity index (χ3v) is 12.5. The van der Waals surface area contributed by atoms with Crippen LogP contribution in [-0.2, 0) is 0 Å². The topological polar surface area (TPSA) is 53.5 Å². The molecule has 4 aromatic heterocycles. The lowest BCUT2D eigenvalue weighted by molar-refractivity contribution is 1.07. The van der Waals surface area contributed by atoms with Gasteiger partial charge >= 0.3 is 0 Å². The van der Waals surface area contributed by atoms with Crippen LogP contribution in [-0.4, -0.2) is 28.7 Å². The lowest BCUT2D eigenvalue weighted by atomic mass is 10.1. The highest BCUT2D eigenvalue weighted by Gasteiger charge is 2.20. The standard InChI is InChI=1S/C57H36N6/c1-3-16-37(17-4-1)55-58-56(38-18-5-2-6-19-38)60-57(59-55)39-20-15-21-40(34-39)63-53-35-41(61-49-26-11-7-22-43(49)44-23-8-12-27-50(44)61)30-32-47(53)48-33-31-42(36-54(48)63)62-51-28-13-9-24-45(51)46-25-10-14-29-52(46)62/h1-36H. The largest absolute Gasteiger partial charge is 0.309 e. The maximum Gasteiger partial charge on any atom is 0.164 e. The fourth-order valence-corrected chi connectivity index (χ4v) is 9.67. The Bertz CT molecular complexity index is 3580. The van der Waals surface area contributed by atoms with Crippen LogP contribution in [0.4, 0.5) is 0 Å².